The highest BCUT2D eigenvalue weighted by Gasteiger charge is 2.37. The number of aromatic nitrogens is 6. The normalized spacial score (nSPS) is 11.3. The van der Waals surface area contributed by atoms with Crippen molar-refractivity contribution in [1.29, 1.82) is 0 Å². The second-order valence-corrected chi connectivity index (χ2v) is 12.7. The Kier molecular flexibility index (Phi) is 8.36. The fraction of sp³-hybridized carbons (Fsp3) is 0.0930. The zero-order valence-corrected chi connectivity index (χ0v) is 28.9. The van der Waals surface area contributed by atoms with Crippen molar-refractivity contribution in [1.82, 2.24) is 29.3 Å². The van der Waals surface area contributed by atoms with Crippen molar-refractivity contribution in [2.24, 2.45) is 0 Å². The van der Waals surface area contributed by atoms with E-state index in [9.17, 15) is 9.59 Å². The first-order valence-corrected chi connectivity index (χ1v) is 17.1. The largest absolute Gasteiger partial charge is 0.439 e. The van der Waals surface area contributed by atoms with E-state index < -0.39 is 5.92 Å². The highest BCUT2D eigenvalue weighted by atomic mass is 16.5. The fourth-order valence-electron chi connectivity index (χ4n) is 6.90. The van der Waals surface area contributed by atoms with Gasteiger partial charge in [-0.15, -0.1) is 0 Å². The summed E-state index contributed by atoms with van der Waals surface area (Å²) in [5.41, 5.74) is 7.03. The predicted molar refractivity (Wildman–Crippen MR) is 203 cm³/mol. The number of hydrogen-bond acceptors (Lipinski definition) is 4. The maximum absolute atomic E-state index is 14.7. The lowest BCUT2D eigenvalue weighted by molar-refractivity contribution is 0.438. The molecule has 3 heterocycles. The van der Waals surface area contributed by atoms with E-state index in [-0.39, 0.29) is 11.1 Å². The monoisotopic (exact) mass is 684 g/mol. The molecule has 0 atom stereocenters. The van der Waals surface area contributed by atoms with Gasteiger partial charge in [-0.05, 0) is 80.4 Å². The number of hydrogen-bond donors (Lipinski definition) is 2. The van der Waals surface area contributed by atoms with Crippen LogP contribution >= 0.6 is 0 Å². The molecular formula is C43H36N6O3. The van der Waals surface area contributed by atoms with Crippen molar-refractivity contribution >= 4 is 0 Å². The smallest absolute Gasteiger partial charge is 0.275 e. The third-order valence-electron chi connectivity index (χ3n) is 9.37. The Balaban J connectivity index is 1.38. The summed E-state index contributed by atoms with van der Waals surface area (Å²) in [7, 11) is 0. The Morgan fingerprint density at radius 1 is 0.519 bits per heavy atom. The van der Waals surface area contributed by atoms with Gasteiger partial charge < -0.3 is 4.74 Å². The Labute approximate surface area is 300 Å². The van der Waals surface area contributed by atoms with E-state index in [0.717, 1.165) is 16.8 Å². The van der Waals surface area contributed by atoms with Crippen LogP contribution in [0, 0.1) is 20.8 Å². The van der Waals surface area contributed by atoms with E-state index in [1.807, 2.05) is 154 Å². The van der Waals surface area contributed by atoms with Gasteiger partial charge in [-0.2, -0.15) is 5.10 Å². The molecule has 0 amide bonds. The number of H-pyrrole nitrogens is 2. The lowest BCUT2D eigenvalue weighted by Gasteiger charge is -2.18. The van der Waals surface area contributed by atoms with Crippen LogP contribution in [0.2, 0.25) is 0 Å². The van der Waals surface area contributed by atoms with E-state index in [1.54, 1.807) is 4.68 Å². The minimum atomic E-state index is -0.863. The Hall–Kier alpha value is -6.87. The second-order valence-electron chi connectivity index (χ2n) is 12.7. The fourth-order valence-corrected chi connectivity index (χ4v) is 6.90. The van der Waals surface area contributed by atoms with Gasteiger partial charge in [0.05, 0.1) is 45.4 Å². The van der Waals surface area contributed by atoms with Crippen LogP contribution in [0.4, 0.5) is 0 Å². The van der Waals surface area contributed by atoms with Crippen LogP contribution in [0.1, 0.15) is 39.7 Å². The summed E-state index contributed by atoms with van der Waals surface area (Å²) in [5.74, 6) is 0.119. The molecule has 0 spiro atoms. The molecule has 3 aromatic heterocycles. The molecule has 0 saturated heterocycles. The summed E-state index contributed by atoms with van der Waals surface area (Å²) in [4.78, 5) is 29.3. The standard InChI is InChI=1S/C43H36N6O3/c1-28-37(41(50)47(44-28)33-18-10-5-11-19-33)40(38-29(2)45-48(42(38)51)34-20-12-6-13-21-34)39-30(3)46-49(35-22-14-7-15-23-35)43(39)52-36-26-24-32(25-27-36)31-16-8-4-9-17-31/h4-27,40,44-45H,1-3H3. The SMILES string of the molecule is Cc1nn(-c2ccccc2)c(Oc2ccc(-c3ccccc3)cc2)c1C(c1c(C)[nH]n(-c2ccccc2)c1=O)c1c(C)[nH]n(-c2ccccc2)c1=O. The van der Waals surface area contributed by atoms with Crippen LogP contribution in [-0.4, -0.2) is 29.3 Å². The molecule has 9 heteroatoms. The van der Waals surface area contributed by atoms with E-state index in [4.69, 9.17) is 9.84 Å². The highest BCUT2D eigenvalue weighted by Crippen LogP contribution is 2.42. The van der Waals surface area contributed by atoms with Crippen LogP contribution in [0.5, 0.6) is 11.6 Å². The Morgan fingerprint density at radius 2 is 0.942 bits per heavy atom. The van der Waals surface area contributed by atoms with Gasteiger partial charge in [0.15, 0.2) is 0 Å². The predicted octanol–water partition coefficient (Wildman–Crippen LogP) is 8.40. The molecule has 0 radical (unpaired) electrons. The summed E-state index contributed by atoms with van der Waals surface area (Å²) in [5, 5.41) is 11.6. The van der Waals surface area contributed by atoms with Crippen molar-refractivity contribution in [3.63, 3.8) is 0 Å². The molecule has 0 saturated carbocycles. The molecule has 0 aliphatic rings. The molecule has 52 heavy (non-hydrogen) atoms. The Bertz CT molecular complexity index is 2500. The molecule has 5 aromatic carbocycles. The number of aromatic amines is 2. The van der Waals surface area contributed by atoms with Crippen LogP contribution in [-0.2, 0) is 0 Å². The lowest BCUT2D eigenvalue weighted by Crippen LogP contribution is -2.26. The van der Waals surface area contributed by atoms with Crippen LogP contribution < -0.4 is 15.9 Å². The number of aryl methyl sites for hydroxylation is 3. The van der Waals surface area contributed by atoms with E-state index in [2.05, 4.69) is 22.3 Å². The molecule has 256 valence electrons. The van der Waals surface area contributed by atoms with Gasteiger partial charge in [-0.3, -0.25) is 19.8 Å². The molecule has 0 unspecified atom stereocenters. The minimum Gasteiger partial charge on any atom is -0.439 e. The zero-order chi connectivity index (χ0) is 35.8. The quantitative estimate of drug-likeness (QED) is 0.159. The summed E-state index contributed by atoms with van der Waals surface area (Å²) in [6.07, 6.45) is 0. The molecule has 0 aliphatic heterocycles. The summed E-state index contributed by atoms with van der Waals surface area (Å²) < 4.78 is 11.6. The van der Waals surface area contributed by atoms with Gasteiger partial charge in [0.2, 0.25) is 5.88 Å². The zero-order valence-electron chi connectivity index (χ0n) is 28.9. The van der Waals surface area contributed by atoms with Gasteiger partial charge in [0.1, 0.15) is 5.75 Å². The molecule has 8 rings (SSSR count). The average molecular weight is 685 g/mol. The third-order valence-corrected chi connectivity index (χ3v) is 9.37. The molecule has 2 N–H and O–H groups in total. The van der Waals surface area contributed by atoms with E-state index >= 15 is 0 Å². The summed E-state index contributed by atoms with van der Waals surface area (Å²) in [6.45, 7) is 5.61. The topological polar surface area (TPSA) is 103 Å². The maximum Gasteiger partial charge on any atom is 0.275 e. The van der Waals surface area contributed by atoms with Crippen molar-refractivity contribution in [2.45, 2.75) is 26.7 Å². The minimum absolute atomic E-state index is 0.273. The summed E-state index contributed by atoms with van der Waals surface area (Å²) in [6, 6.07) is 46.5. The number of nitrogens with one attached hydrogen (secondary N) is 2. The first kappa shape index (κ1) is 32.3. The molecule has 0 bridgehead atoms. The van der Waals surface area contributed by atoms with Crippen LogP contribution in [0.25, 0.3) is 28.2 Å². The van der Waals surface area contributed by atoms with Crippen LogP contribution in [0.3, 0.4) is 0 Å². The van der Waals surface area contributed by atoms with Crippen LogP contribution in [0.15, 0.2) is 155 Å². The molecular weight excluding hydrogens is 649 g/mol. The maximum atomic E-state index is 14.7. The van der Waals surface area contributed by atoms with Crippen molar-refractivity contribution < 1.29 is 4.74 Å². The van der Waals surface area contributed by atoms with Gasteiger partial charge >= 0.3 is 0 Å². The van der Waals surface area contributed by atoms with Crippen molar-refractivity contribution in [3.8, 4) is 39.8 Å². The van der Waals surface area contributed by atoms with Gasteiger partial charge in [0, 0.05) is 11.4 Å². The van der Waals surface area contributed by atoms with Gasteiger partial charge in [-0.25, -0.2) is 14.0 Å². The molecule has 0 aliphatic carbocycles. The lowest BCUT2D eigenvalue weighted by atomic mass is 9.85. The third kappa shape index (κ3) is 5.78. The average Bonchev–Trinajstić information content (AvgIpc) is 3.79. The van der Waals surface area contributed by atoms with Crippen molar-refractivity contribution in [3.05, 3.63) is 200 Å². The van der Waals surface area contributed by atoms with Crippen molar-refractivity contribution in [2.75, 3.05) is 0 Å². The van der Waals surface area contributed by atoms with E-state index in [1.165, 1.54) is 9.36 Å². The van der Waals surface area contributed by atoms with E-state index in [0.29, 0.717) is 56.8 Å². The number of nitrogens with zero attached hydrogens (tertiary/aromatic N) is 4. The molecule has 9 nitrogen and oxygen atoms in total. The first-order valence-electron chi connectivity index (χ1n) is 17.1. The number of rotatable bonds is 9. The molecule has 0 fully saturated rings. The van der Waals surface area contributed by atoms with Gasteiger partial charge in [-0.1, -0.05) is 97.1 Å². The van der Waals surface area contributed by atoms with Gasteiger partial charge in [0.25, 0.3) is 11.1 Å². The Morgan fingerprint density at radius 3 is 1.42 bits per heavy atom. The first-order chi connectivity index (χ1) is 25.4. The number of ether oxygens (including phenoxy) is 1. The summed E-state index contributed by atoms with van der Waals surface area (Å²) >= 11 is 0. The second kappa shape index (κ2) is 13.4. The highest BCUT2D eigenvalue weighted by molar-refractivity contribution is 5.64. The number of benzene rings is 5. The molecule has 8 aromatic rings. The number of para-hydroxylation sites is 3.